The third kappa shape index (κ3) is 9.79. The predicted octanol–water partition coefficient (Wildman–Crippen LogP) is 4.54. The van der Waals surface area contributed by atoms with Crippen molar-refractivity contribution in [2.75, 3.05) is 19.4 Å². The summed E-state index contributed by atoms with van der Waals surface area (Å²) < 4.78 is 101. The maximum Gasteiger partial charge on any atom is 0.425 e. The van der Waals surface area contributed by atoms with Crippen molar-refractivity contribution in [1.82, 2.24) is 4.57 Å². The highest BCUT2D eigenvalue weighted by Gasteiger charge is 2.31. The summed E-state index contributed by atoms with van der Waals surface area (Å²) in [6, 6.07) is 20.6. The zero-order chi connectivity index (χ0) is 42.4. The van der Waals surface area contributed by atoms with Gasteiger partial charge >= 0.3 is 22.7 Å². The van der Waals surface area contributed by atoms with E-state index in [1.54, 1.807) is 25.1 Å². The Morgan fingerprint density at radius 3 is 2.22 bits per heavy atom. The highest BCUT2D eigenvalue weighted by atomic mass is 32.2. The highest BCUT2D eigenvalue weighted by molar-refractivity contribution is 7.86. The zero-order valence-electron chi connectivity index (χ0n) is 31.1. The van der Waals surface area contributed by atoms with Gasteiger partial charge in [0.1, 0.15) is 11.9 Å². The van der Waals surface area contributed by atoms with Crippen LogP contribution in [-0.4, -0.2) is 85.0 Å². The molecule has 1 aliphatic carbocycles. The molecule has 5 aromatic rings. The van der Waals surface area contributed by atoms with Crippen molar-refractivity contribution >= 4 is 92.9 Å². The van der Waals surface area contributed by atoms with E-state index < -0.39 is 36.8 Å². The van der Waals surface area contributed by atoms with Crippen molar-refractivity contribution in [2.24, 2.45) is 5.92 Å². The molecular weight excluding hydrogens is 813 g/mol. The van der Waals surface area contributed by atoms with Gasteiger partial charge in [0, 0.05) is 45.7 Å². The molecule has 1 aromatic heterocycles. The second kappa shape index (κ2) is 18.1. The van der Waals surface area contributed by atoms with Gasteiger partial charge in [-0.1, -0.05) is 60.7 Å². The van der Waals surface area contributed by atoms with E-state index in [1.165, 1.54) is 6.07 Å². The smallest absolute Gasteiger partial charge is 0.425 e. The molecule has 0 spiro atoms. The molecule has 4 aromatic carbocycles. The Morgan fingerprint density at radius 1 is 0.914 bits per heavy atom. The number of carbonyl (C=O) groups excluding carboxylic acids is 3. The molecule has 18 heteroatoms. The summed E-state index contributed by atoms with van der Waals surface area (Å²) in [4.78, 5) is 29.2. The largest absolute Gasteiger partial charge is 0.466 e. The van der Waals surface area contributed by atoms with Crippen LogP contribution in [0.2, 0.25) is 0 Å². The fourth-order valence-corrected chi connectivity index (χ4v) is 8.66. The lowest BCUT2D eigenvalue weighted by molar-refractivity contribution is -0.399. The Kier molecular flexibility index (Phi) is 13.5. The summed E-state index contributed by atoms with van der Waals surface area (Å²) in [7, 11) is -9.75. The number of nitrogens with zero attached hydrogens (tertiary/aromatic N) is 2. The van der Waals surface area contributed by atoms with Gasteiger partial charge in [0.15, 0.2) is 0 Å². The molecule has 0 radical (unpaired) electrons. The number of ether oxygens (including phenoxy) is 1. The Hall–Kier alpha value is -5.88. The van der Waals surface area contributed by atoms with Crippen LogP contribution >= 0.6 is 0 Å². The number of hydrogen-bond donors (Lipinski definition) is 2. The Morgan fingerprint density at radius 2 is 1.57 bits per heavy atom. The Balaban J connectivity index is 0.000000851. The summed E-state index contributed by atoms with van der Waals surface area (Å²) in [6.45, 7) is 2.43. The average molecular weight is 850 g/mol. The van der Waals surface area contributed by atoms with E-state index in [4.69, 9.17) is 27.0 Å². The lowest BCUT2D eigenvalue weighted by Crippen LogP contribution is -2.21. The maximum atomic E-state index is 13.1. The van der Waals surface area contributed by atoms with E-state index >= 15 is 0 Å². The number of aromatic nitrogens is 1. The van der Waals surface area contributed by atoms with Crippen LogP contribution in [0.4, 0.5) is 5.69 Å². The summed E-state index contributed by atoms with van der Waals surface area (Å²) >= 11 is 0. The number of allylic oxidation sites excluding steroid dienone is 6. The van der Waals surface area contributed by atoms with E-state index in [1.807, 2.05) is 78.4 Å². The first-order valence-electron chi connectivity index (χ1n) is 17.6. The summed E-state index contributed by atoms with van der Waals surface area (Å²) in [6.07, 6.45) is 11.4. The van der Waals surface area contributed by atoms with Crippen LogP contribution in [0, 0.1) is 5.92 Å². The quantitative estimate of drug-likeness (QED) is 0.112. The van der Waals surface area contributed by atoms with E-state index in [-0.39, 0.29) is 35.8 Å². The van der Waals surface area contributed by atoms with E-state index in [0.29, 0.717) is 24.8 Å². The van der Waals surface area contributed by atoms with E-state index in [9.17, 15) is 30.7 Å². The third-order valence-electron chi connectivity index (χ3n) is 9.64. The normalized spacial score (nSPS) is 16.3. The first-order chi connectivity index (χ1) is 27.5. The van der Waals surface area contributed by atoms with Crippen LogP contribution in [0.1, 0.15) is 31.7 Å². The van der Waals surface area contributed by atoms with Crippen LogP contribution in [0.5, 0.6) is 0 Å². The van der Waals surface area contributed by atoms with E-state index in [0.717, 1.165) is 60.5 Å². The zero-order valence-corrected chi connectivity index (χ0v) is 33.5. The summed E-state index contributed by atoms with van der Waals surface area (Å²) in [5.74, 6) is -1.03. The van der Waals surface area contributed by atoms with Crippen LogP contribution < -0.4 is 5.35 Å². The van der Waals surface area contributed by atoms with Gasteiger partial charge < -0.3 is 9.30 Å². The number of benzene rings is 4. The minimum absolute atomic E-state index is 0.142. The van der Waals surface area contributed by atoms with Gasteiger partial charge in [0.2, 0.25) is 11.4 Å². The maximum absolute atomic E-state index is 13.1. The monoisotopic (exact) mass is 849 g/mol. The summed E-state index contributed by atoms with van der Waals surface area (Å²) in [5, 5.41) is 5.22. The fraction of sp³-hybridized carbons (Fsp3) is 0.225. The molecule has 0 bridgehead atoms. The molecule has 2 N–H and O–H groups in total. The van der Waals surface area contributed by atoms with Gasteiger partial charge in [-0.25, -0.2) is 0 Å². The van der Waals surface area contributed by atoms with Gasteiger partial charge in [-0.05, 0) is 67.0 Å². The van der Waals surface area contributed by atoms with Gasteiger partial charge in [-0.15, -0.1) is 12.6 Å². The first-order valence-corrected chi connectivity index (χ1v) is 21.6. The molecule has 2 heterocycles. The number of carbonyl (C=O) groups is 1. The molecule has 15 nitrogen and oxygen atoms in total. The molecular formula is C40H37N2O13S3+. The SMILES string of the molecule is CCOC(=O)C1CC(/C=C/C2=[N+](C)c3ccc(S(=O)(=O)O)c4cccc2c34)=CC(=C/C=c2/c3cccc4cccc(c43)n2CCCS(=O)(=O)O)/C1.O=C=O.O=S(=O)=O. The van der Waals surface area contributed by atoms with Crippen molar-refractivity contribution < 1.29 is 62.3 Å². The van der Waals surface area contributed by atoms with Gasteiger partial charge in [-0.2, -0.15) is 31.0 Å². The number of aryl methyl sites for hydroxylation is 1. The number of hydrogen-bond acceptors (Lipinski definition) is 11. The topological polar surface area (TPSA) is 228 Å². The minimum Gasteiger partial charge on any atom is -0.466 e. The molecule has 7 rings (SSSR count). The van der Waals surface area contributed by atoms with Crippen molar-refractivity contribution in [3.05, 3.63) is 113 Å². The van der Waals surface area contributed by atoms with Gasteiger partial charge in [0.05, 0.1) is 29.2 Å². The van der Waals surface area contributed by atoms with Crippen LogP contribution in [0.25, 0.3) is 38.5 Å². The molecule has 1 aliphatic heterocycles. The molecule has 0 saturated carbocycles. The van der Waals surface area contributed by atoms with E-state index in [2.05, 4.69) is 10.6 Å². The molecule has 1 atom stereocenters. The van der Waals surface area contributed by atoms with Gasteiger partial charge in [0.25, 0.3) is 20.2 Å². The standard InChI is InChI=1S/C39H36N2O8S2.CO2.O3S/c1-3-49-39(42)28-23-25(14-16-32-29-11-6-12-31-36(51(46,47)48)19-18-34(38(29)31)40(32)2)22-26(24-28)15-17-33-30-10-4-8-27-9-5-13-35(37(27)30)41(33)20-7-21-50(43,44)45;2-1-3;1-4(2)3/h4-6,8-19,22,28H,3,7,20-21,23-24H2,1-2H3,(H-,43,44,45,46,47,48);;/p+1. The van der Waals surface area contributed by atoms with Crippen molar-refractivity contribution in [3.8, 4) is 0 Å². The minimum atomic E-state index is -4.42. The van der Waals surface area contributed by atoms with Crippen molar-refractivity contribution in [3.63, 3.8) is 0 Å². The number of rotatable bonds is 10. The predicted molar refractivity (Wildman–Crippen MR) is 213 cm³/mol. The molecule has 0 fully saturated rings. The van der Waals surface area contributed by atoms with Gasteiger partial charge in [-0.3, -0.25) is 13.9 Å². The lowest BCUT2D eigenvalue weighted by atomic mass is 9.85. The molecule has 58 heavy (non-hydrogen) atoms. The highest BCUT2D eigenvalue weighted by Crippen LogP contribution is 2.38. The van der Waals surface area contributed by atoms with Crippen molar-refractivity contribution in [2.45, 2.75) is 37.6 Å². The second-order valence-electron chi connectivity index (χ2n) is 13.2. The van der Waals surface area contributed by atoms with Crippen molar-refractivity contribution in [1.29, 1.82) is 0 Å². The lowest BCUT2D eigenvalue weighted by Gasteiger charge is -2.21. The number of esters is 1. The second-order valence-corrected chi connectivity index (χ2v) is 16.6. The first kappa shape index (κ1) is 43.2. The average Bonchev–Trinajstić information content (AvgIpc) is 3.61. The molecule has 2 aliphatic rings. The fourth-order valence-electron chi connectivity index (χ4n) is 7.48. The van der Waals surface area contributed by atoms with Crippen LogP contribution in [0.3, 0.4) is 0 Å². The van der Waals surface area contributed by atoms with Crippen LogP contribution in [-0.2, 0) is 56.5 Å². The van der Waals surface area contributed by atoms with Crippen LogP contribution in [0.15, 0.2) is 107 Å². The third-order valence-corrected chi connectivity index (χ3v) is 11.4. The molecule has 302 valence electrons. The Bertz CT molecular complexity index is 3000. The molecule has 1 unspecified atom stereocenters. The molecule has 0 amide bonds. The summed E-state index contributed by atoms with van der Waals surface area (Å²) in [5.41, 5.74) is 5.28. The Labute approximate surface area is 334 Å². The molecule has 0 saturated heterocycles.